The highest BCUT2D eigenvalue weighted by atomic mass is 16.3. The third kappa shape index (κ3) is 3.60. The summed E-state index contributed by atoms with van der Waals surface area (Å²) in [6, 6.07) is 3.89. The fraction of sp³-hybridized carbons (Fsp3) is 0.643. The molecule has 0 amide bonds. The van der Waals surface area contributed by atoms with Gasteiger partial charge < -0.3 is 5.11 Å². The second kappa shape index (κ2) is 6.64. The van der Waals surface area contributed by atoms with Crippen molar-refractivity contribution < 1.29 is 5.11 Å². The zero-order chi connectivity index (χ0) is 11.9. The van der Waals surface area contributed by atoms with Crippen LogP contribution in [0, 0.1) is 0 Å². The first-order valence-electron chi connectivity index (χ1n) is 6.36. The average Bonchev–Trinajstić information content (AvgIpc) is 2.35. The van der Waals surface area contributed by atoms with E-state index in [-0.39, 0.29) is 0 Å². The van der Waals surface area contributed by atoms with Crippen molar-refractivity contribution in [2.45, 2.75) is 58.0 Å². The summed E-state index contributed by atoms with van der Waals surface area (Å²) in [4.78, 5) is 4.11. The van der Waals surface area contributed by atoms with Crippen molar-refractivity contribution >= 4 is 0 Å². The van der Waals surface area contributed by atoms with Gasteiger partial charge in [-0.15, -0.1) is 0 Å². The fourth-order valence-corrected chi connectivity index (χ4v) is 1.99. The molecular formula is C14H23NO. The van der Waals surface area contributed by atoms with E-state index in [9.17, 15) is 5.11 Å². The summed E-state index contributed by atoms with van der Waals surface area (Å²) >= 11 is 0. The Morgan fingerprint density at radius 2 is 1.81 bits per heavy atom. The molecule has 0 saturated heterocycles. The van der Waals surface area contributed by atoms with Crippen molar-refractivity contribution in [2.24, 2.45) is 0 Å². The van der Waals surface area contributed by atoms with E-state index < -0.39 is 5.60 Å². The van der Waals surface area contributed by atoms with Gasteiger partial charge in [0.05, 0.1) is 5.60 Å². The summed E-state index contributed by atoms with van der Waals surface area (Å²) in [5.41, 5.74) is 0.303. The Kier molecular flexibility index (Phi) is 5.47. The van der Waals surface area contributed by atoms with Crippen LogP contribution in [0.1, 0.15) is 57.9 Å². The topological polar surface area (TPSA) is 33.1 Å². The molecule has 0 aromatic carbocycles. The molecule has 1 aromatic rings. The molecule has 1 heterocycles. The van der Waals surface area contributed by atoms with E-state index in [1.807, 2.05) is 12.1 Å². The summed E-state index contributed by atoms with van der Waals surface area (Å²) in [5.74, 6) is 0. The third-order valence-corrected chi connectivity index (χ3v) is 3.09. The molecular weight excluding hydrogens is 198 g/mol. The lowest BCUT2D eigenvalue weighted by atomic mass is 9.85. The number of nitrogens with zero attached hydrogens (tertiary/aromatic N) is 1. The molecule has 0 aliphatic carbocycles. The molecule has 0 bridgehead atoms. The molecule has 90 valence electrons. The van der Waals surface area contributed by atoms with Gasteiger partial charge in [-0.1, -0.05) is 45.6 Å². The maximum Gasteiger partial charge on any atom is 0.0911 e. The van der Waals surface area contributed by atoms with Gasteiger partial charge >= 0.3 is 0 Å². The number of aliphatic hydroxyl groups is 1. The standard InChI is InChI=1S/C14H23NO/c1-3-5-9-14(16,10-6-4-2)13-8-7-11-15-12-13/h7-8,11-12,16H,3-6,9-10H2,1-2H3. The van der Waals surface area contributed by atoms with Crippen LogP contribution in [-0.2, 0) is 5.60 Å². The van der Waals surface area contributed by atoms with Crippen molar-refractivity contribution in [3.05, 3.63) is 30.1 Å². The van der Waals surface area contributed by atoms with E-state index in [2.05, 4.69) is 18.8 Å². The minimum atomic E-state index is -0.666. The quantitative estimate of drug-likeness (QED) is 0.762. The van der Waals surface area contributed by atoms with Crippen LogP contribution in [0.15, 0.2) is 24.5 Å². The number of rotatable bonds is 7. The maximum absolute atomic E-state index is 10.7. The lowest BCUT2D eigenvalue weighted by Crippen LogP contribution is -2.25. The first kappa shape index (κ1) is 13.2. The molecule has 2 heteroatoms. The van der Waals surface area contributed by atoms with Crippen LogP contribution in [0.4, 0.5) is 0 Å². The molecule has 0 aliphatic heterocycles. The van der Waals surface area contributed by atoms with E-state index in [1.165, 1.54) is 0 Å². The molecule has 2 nitrogen and oxygen atoms in total. The Balaban J connectivity index is 2.77. The molecule has 16 heavy (non-hydrogen) atoms. The first-order chi connectivity index (χ1) is 7.73. The van der Waals surface area contributed by atoms with E-state index in [1.54, 1.807) is 12.4 Å². The van der Waals surface area contributed by atoms with E-state index in [4.69, 9.17) is 0 Å². The minimum Gasteiger partial charge on any atom is -0.385 e. The van der Waals surface area contributed by atoms with Gasteiger partial charge in [0.2, 0.25) is 0 Å². The normalized spacial score (nSPS) is 11.7. The van der Waals surface area contributed by atoms with Gasteiger partial charge in [0.25, 0.3) is 0 Å². The largest absolute Gasteiger partial charge is 0.385 e. The van der Waals surface area contributed by atoms with Crippen molar-refractivity contribution in [1.29, 1.82) is 0 Å². The number of pyridine rings is 1. The number of hydrogen-bond acceptors (Lipinski definition) is 2. The maximum atomic E-state index is 10.7. The minimum absolute atomic E-state index is 0.666. The van der Waals surface area contributed by atoms with Crippen molar-refractivity contribution in [3.8, 4) is 0 Å². The summed E-state index contributed by atoms with van der Waals surface area (Å²) < 4.78 is 0. The highest BCUT2D eigenvalue weighted by Crippen LogP contribution is 2.31. The molecule has 1 N–H and O–H groups in total. The molecule has 0 atom stereocenters. The van der Waals surface area contributed by atoms with Crippen LogP contribution in [0.2, 0.25) is 0 Å². The SMILES string of the molecule is CCCCC(O)(CCCC)c1cccnc1. The van der Waals surface area contributed by atoms with E-state index >= 15 is 0 Å². The van der Waals surface area contributed by atoms with Gasteiger partial charge in [0.1, 0.15) is 0 Å². The van der Waals surface area contributed by atoms with Crippen LogP contribution in [-0.4, -0.2) is 10.1 Å². The summed E-state index contributed by atoms with van der Waals surface area (Å²) in [6.45, 7) is 4.31. The Hall–Kier alpha value is -0.890. The van der Waals surface area contributed by atoms with Crippen molar-refractivity contribution in [2.75, 3.05) is 0 Å². The zero-order valence-corrected chi connectivity index (χ0v) is 10.4. The summed E-state index contributed by atoms with van der Waals surface area (Å²) in [7, 11) is 0. The van der Waals surface area contributed by atoms with Gasteiger partial charge in [-0.2, -0.15) is 0 Å². The van der Waals surface area contributed by atoms with Crippen LogP contribution >= 0.6 is 0 Å². The van der Waals surface area contributed by atoms with Gasteiger partial charge in [-0.05, 0) is 18.9 Å². The molecule has 0 fully saturated rings. The summed E-state index contributed by atoms with van der Waals surface area (Å²) in [6.07, 6.45) is 9.60. The Labute approximate surface area is 98.7 Å². The van der Waals surface area contributed by atoms with E-state index in [0.29, 0.717) is 0 Å². The van der Waals surface area contributed by atoms with Crippen LogP contribution < -0.4 is 0 Å². The van der Waals surface area contributed by atoms with Crippen LogP contribution in [0.5, 0.6) is 0 Å². The lowest BCUT2D eigenvalue weighted by Gasteiger charge is -2.28. The second-order valence-electron chi connectivity index (χ2n) is 4.48. The average molecular weight is 221 g/mol. The smallest absolute Gasteiger partial charge is 0.0911 e. The Morgan fingerprint density at radius 3 is 2.25 bits per heavy atom. The summed E-state index contributed by atoms with van der Waals surface area (Å²) in [5, 5.41) is 10.7. The third-order valence-electron chi connectivity index (χ3n) is 3.09. The molecule has 0 saturated carbocycles. The lowest BCUT2D eigenvalue weighted by molar-refractivity contribution is 0.0138. The predicted molar refractivity (Wildman–Crippen MR) is 67.2 cm³/mol. The molecule has 0 spiro atoms. The highest BCUT2D eigenvalue weighted by molar-refractivity contribution is 5.17. The molecule has 0 aliphatic rings. The second-order valence-corrected chi connectivity index (χ2v) is 4.48. The Morgan fingerprint density at radius 1 is 1.19 bits per heavy atom. The number of hydrogen-bond donors (Lipinski definition) is 1. The first-order valence-corrected chi connectivity index (χ1v) is 6.36. The van der Waals surface area contributed by atoms with Crippen molar-refractivity contribution in [3.63, 3.8) is 0 Å². The van der Waals surface area contributed by atoms with Gasteiger partial charge in [0, 0.05) is 18.0 Å². The molecule has 0 unspecified atom stereocenters. The molecule has 0 radical (unpaired) electrons. The predicted octanol–water partition coefficient (Wildman–Crippen LogP) is 3.65. The molecule has 1 rings (SSSR count). The van der Waals surface area contributed by atoms with Crippen LogP contribution in [0.3, 0.4) is 0 Å². The number of unbranched alkanes of at least 4 members (excludes halogenated alkanes) is 2. The molecule has 1 aromatic heterocycles. The van der Waals surface area contributed by atoms with Gasteiger partial charge in [-0.3, -0.25) is 4.98 Å². The van der Waals surface area contributed by atoms with Gasteiger partial charge in [-0.25, -0.2) is 0 Å². The van der Waals surface area contributed by atoms with Crippen LogP contribution in [0.25, 0.3) is 0 Å². The van der Waals surface area contributed by atoms with Crippen molar-refractivity contribution in [1.82, 2.24) is 4.98 Å². The highest BCUT2D eigenvalue weighted by Gasteiger charge is 2.27. The zero-order valence-electron chi connectivity index (χ0n) is 10.4. The Bertz CT molecular complexity index is 276. The monoisotopic (exact) mass is 221 g/mol. The number of aromatic nitrogens is 1. The van der Waals surface area contributed by atoms with E-state index in [0.717, 1.165) is 44.1 Å². The van der Waals surface area contributed by atoms with Gasteiger partial charge in [0.15, 0.2) is 0 Å². The fourth-order valence-electron chi connectivity index (χ4n) is 1.99.